The van der Waals surface area contributed by atoms with Crippen LogP contribution in [0.4, 0.5) is 10.1 Å². The van der Waals surface area contributed by atoms with E-state index in [0.717, 1.165) is 5.69 Å². The van der Waals surface area contributed by atoms with Gasteiger partial charge in [-0.3, -0.25) is 14.3 Å². The number of amides is 1. The van der Waals surface area contributed by atoms with E-state index in [4.69, 9.17) is 4.74 Å². The van der Waals surface area contributed by atoms with Gasteiger partial charge < -0.3 is 14.6 Å². The van der Waals surface area contributed by atoms with E-state index in [-0.39, 0.29) is 11.5 Å². The summed E-state index contributed by atoms with van der Waals surface area (Å²) in [5, 5.41) is 2.57. The van der Waals surface area contributed by atoms with Gasteiger partial charge in [0.25, 0.3) is 11.5 Å². The molecule has 0 fully saturated rings. The number of nitrogens with zero attached hydrogens (tertiary/aromatic N) is 3. The van der Waals surface area contributed by atoms with Crippen LogP contribution in [-0.2, 0) is 16.6 Å². The Morgan fingerprint density at radius 2 is 1.60 bits per heavy atom. The Hall–Kier alpha value is -4.40. The van der Waals surface area contributed by atoms with Crippen molar-refractivity contribution >= 4 is 17.6 Å². The predicted octanol–water partition coefficient (Wildman–Crippen LogP) is 3.83. The smallest absolute Gasteiger partial charge is 0.340 e. The molecule has 4 rings (SSSR count). The molecule has 0 aliphatic rings. The Morgan fingerprint density at radius 3 is 2.26 bits per heavy atom. The number of carbonyl (C=O) groups excluding carboxylic acids is 2. The number of hydrogen-bond donors (Lipinski definition) is 1. The Labute approximate surface area is 201 Å². The van der Waals surface area contributed by atoms with Gasteiger partial charge in [-0.15, -0.1) is 0 Å². The van der Waals surface area contributed by atoms with E-state index in [9.17, 15) is 18.8 Å². The van der Waals surface area contributed by atoms with E-state index in [0.29, 0.717) is 28.3 Å². The van der Waals surface area contributed by atoms with Crippen LogP contribution in [0.25, 0.3) is 11.4 Å². The van der Waals surface area contributed by atoms with Crippen molar-refractivity contribution in [1.82, 2.24) is 13.9 Å². The minimum Gasteiger partial charge on any atom is -0.452 e. The molecule has 0 bridgehead atoms. The normalized spacial score (nSPS) is 10.9. The Morgan fingerprint density at radius 1 is 0.943 bits per heavy atom. The molecular formula is C26H25FN4O4. The number of para-hydroxylation sites is 1. The highest BCUT2D eigenvalue weighted by Crippen LogP contribution is 2.22. The third-order valence-electron chi connectivity index (χ3n) is 5.89. The molecule has 2 aromatic carbocycles. The molecule has 180 valence electrons. The summed E-state index contributed by atoms with van der Waals surface area (Å²) >= 11 is 0. The number of anilines is 1. The van der Waals surface area contributed by atoms with Gasteiger partial charge in [-0.05, 0) is 63.2 Å². The van der Waals surface area contributed by atoms with E-state index in [1.54, 1.807) is 60.5 Å². The molecule has 0 aliphatic heterocycles. The number of rotatable bonds is 6. The highest BCUT2D eigenvalue weighted by Gasteiger charge is 2.21. The Bertz CT molecular complexity index is 1460. The first-order chi connectivity index (χ1) is 16.7. The number of esters is 1. The molecule has 2 heterocycles. The van der Waals surface area contributed by atoms with Crippen LogP contribution in [-0.4, -0.2) is 32.4 Å². The molecule has 0 atom stereocenters. The third kappa shape index (κ3) is 4.52. The summed E-state index contributed by atoms with van der Waals surface area (Å²) in [4.78, 5) is 38.2. The minimum atomic E-state index is -0.673. The van der Waals surface area contributed by atoms with Crippen molar-refractivity contribution in [3.63, 3.8) is 0 Å². The highest BCUT2D eigenvalue weighted by atomic mass is 19.1. The van der Waals surface area contributed by atoms with Crippen molar-refractivity contribution in [1.29, 1.82) is 0 Å². The lowest BCUT2D eigenvalue weighted by Crippen LogP contribution is -2.26. The SMILES string of the molecule is Cc1cc(C(=O)OCC(=O)Nc2c(C)n(C)n(-c3ccccc3)c2=O)c(C)n1-c1ccc(F)cc1. The molecule has 8 nitrogen and oxygen atoms in total. The zero-order chi connectivity index (χ0) is 25.3. The monoisotopic (exact) mass is 476 g/mol. The molecule has 0 spiro atoms. The van der Waals surface area contributed by atoms with Crippen LogP contribution in [0.3, 0.4) is 0 Å². The summed E-state index contributed by atoms with van der Waals surface area (Å²) in [6.07, 6.45) is 0. The number of benzene rings is 2. The van der Waals surface area contributed by atoms with Crippen LogP contribution < -0.4 is 10.9 Å². The van der Waals surface area contributed by atoms with Crippen LogP contribution in [0.15, 0.2) is 65.5 Å². The maximum atomic E-state index is 13.3. The van der Waals surface area contributed by atoms with Gasteiger partial charge in [-0.2, -0.15) is 0 Å². The second-order valence-electron chi connectivity index (χ2n) is 8.16. The van der Waals surface area contributed by atoms with Crippen LogP contribution in [0.2, 0.25) is 0 Å². The average Bonchev–Trinajstić information content (AvgIpc) is 3.25. The minimum absolute atomic E-state index is 0.117. The van der Waals surface area contributed by atoms with Crippen molar-refractivity contribution in [3.05, 3.63) is 99.5 Å². The molecule has 0 saturated heterocycles. The maximum Gasteiger partial charge on any atom is 0.340 e. The highest BCUT2D eigenvalue weighted by molar-refractivity contribution is 5.96. The first-order valence-electron chi connectivity index (χ1n) is 10.9. The molecule has 35 heavy (non-hydrogen) atoms. The van der Waals surface area contributed by atoms with E-state index in [1.165, 1.54) is 16.8 Å². The number of nitrogens with one attached hydrogen (secondary N) is 1. The maximum absolute atomic E-state index is 13.3. The summed E-state index contributed by atoms with van der Waals surface area (Å²) in [6, 6.07) is 16.6. The number of hydrogen-bond acceptors (Lipinski definition) is 4. The molecule has 0 radical (unpaired) electrons. The molecule has 0 unspecified atom stereocenters. The van der Waals surface area contributed by atoms with Crippen molar-refractivity contribution < 1.29 is 18.7 Å². The van der Waals surface area contributed by atoms with Crippen LogP contribution in [0.1, 0.15) is 27.4 Å². The first kappa shape index (κ1) is 23.7. The Balaban J connectivity index is 1.48. The van der Waals surface area contributed by atoms with Gasteiger partial charge in [0.1, 0.15) is 11.5 Å². The second-order valence-corrected chi connectivity index (χ2v) is 8.16. The fourth-order valence-corrected chi connectivity index (χ4v) is 4.05. The molecule has 1 amide bonds. The van der Waals surface area contributed by atoms with Gasteiger partial charge in [0, 0.05) is 24.1 Å². The fourth-order valence-electron chi connectivity index (χ4n) is 4.05. The van der Waals surface area contributed by atoms with E-state index < -0.39 is 24.0 Å². The lowest BCUT2D eigenvalue weighted by molar-refractivity contribution is -0.119. The van der Waals surface area contributed by atoms with E-state index >= 15 is 0 Å². The zero-order valence-corrected chi connectivity index (χ0v) is 19.8. The zero-order valence-electron chi connectivity index (χ0n) is 19.8. The number of carbonyl (C=O) groups is 2. The summed E-state index contributed by atoms with van der Waals surface area (Å²) < 4.78 is 23.4. The third-order valence-corrected chi connectivity index (χ3v) is 5.89. The van der Waals surface area contributed by atoms with Crippen molar-refractivity contribution in [2.45, 2.75) is 20.8 Å². The number of halogens is 1. The van der Waals surface area contributed by atoms with Crippen molar-refractivity contribution in [3.8, 4) is 11.4 Å². The topological polar surface area (TPSA) is 87.3 Å². The van der Waals surface area contributed by atoms with Gasteiger partial charge in [0.2, 0.25) is 0 Å². The van der Waals surface area contributed by atoms with Crippen LogP contribution in [0, 0.1) is 26.6 Å². The van der Waals surface area contributed by atoms with E-state index in [1.807, 2.05) is 25.1 Å². The van der Waals surface area contributed by atoms with Gasteiger partial charge in [0.15, 0.2) is 6.61 Å². The van der Waals surface area contributed by atoms with Crippen molar-refractivity contribution in [2.75, 3.05) is 11.9 Å². The van der Waals surface area contributed by atoms with E-state index in [2.05, 4.69) is 5.32 Å². The molecule has 9 heteroatoms. The van der Waals surface area contributed by atoms with Crippen molar-refractivity contribution in [2.24, 2.45) is 7.05 Å². The second kappa shape index (κ2) is 9.46. The summed E-state index contributed by atoms with van der Waals surface area (Å²) in [7, 11) is 1.72. The summed E-state index contributed by atoms with van der Waals surface area (Å²) in [5.74, 6) is -1.66. The first-order valence-corrected chi connectivity index (χ1v) is 10.9. The van der Waals surface area contributed by atoms with Gasteiger partial charge >= 0.3 is 5.97 Å². The number of ether oxygens (including phenoxy) is 1. The quantitative estimate of drug-likeness (QED) is 0.429. The van der Waals surface area contributed by atoms with Gasteiger partial charge in [-0.25, -0.2) is 13.9 Å². The van der Waals surface area contributed by atoms with Crippen LogP contribution >= 0.6 is 0 Å². The fraction of sp³-hybridized carbons (Fsp3) is 0.192. The summed E-state index contributed by atoms with van der Waals surface area (Å²) in [6.45, 7) is 4.72. The lowest BCUT2D eigenvalue weighted by Gasteiger charge is -2.10. The molecule has 2 aromatic heterocycles. The molecular weight excluding hydrogens is 451 g/mol. The molecule has 0 aliphatic carbocycles. The molecule has 1 N–H and O–H groups in total. The van der Waals surface area contributed by atoms with Crippen LogP contribution in [0.5, 0.6) is 0 Å². The largest absolute Gasteiger partial charge is 0.452 e. The van der Waals surface area contributed by atoms with Gasteiger partial charge in [0.05, 0.1) is 16.9 Å². The lowest BCUT2D eigenvalue weighted by atomic mass is 10.2. The predicted molar refractivity (Wildman–Crippen MR) is 130 cm³/mol. The average molecular weight is 477 g/mol. The number of aryl methyl sites for hydroxylation is 1. The molecule has 4 aromatic rings. The van der Waals surface area contributed by atoms with Gasteiger partial charge in [-0.1, -0.05) is 18.2 Å². The molecule has 0 saturated carbocycles. The standard InChI is InChI=1S/C26H25FN4O4/c1-16-14-22(17(2)30(16)20-12-10-19(27)11-13-20)26(34)35-15-23(32)28-24-18(3)29(4)31(25(24)33)21-8-6-5-7-9-21/h5-14H,15H2,1-4H3,(H,28,32). The Kier molecular flexibility index (Phi) is 6.42. The number of aromatic nitrogens is 3. The summed E-state index contributed by atoms with van der Waals surface area (Å²) in [5.41, 5.74) is 3.30.